The van der Waals surface area contributed by atoms with Crippen LogP contribution in [-0.2, 0) is 0 Å². The van der Waals surface area contributed by atoms with Gasteiger partial charge in [-0.1, -0.05) is 13.0 Å². The first-order valence-corrected chi connectivity index (χ1v) is 6.52. The van der Waals surface area contributed by atoms with Gasteiger partial charge in [-0.3, -0.25) is 4.79 Å². The van der Waals surface area contributed by atoms with Crippen LogP contribution in [0.2, 0.25) is 0 Å². The lowest BCUT2D eigenvalue weighted by atomic mass is 10.1. The number of Topliss-reactive ketones (excluding diaryl/α,β-unsaturated/α-hetero) is 1. The molecule has 2 rings (SSSR count). The van der Waals surface area contributed by atoms with Crippen LogP contribution in [0.4, 0.5) is 0 Å². The highest BCUT2D eigenvalue weighted by molar-refractivity contribution is 5.94. The molecule has 1 aromatic heterocycles. The van der Waals surface area contributed by atoms with E-state index >= 15 is 0 Å². The minimum atomic E-state index is -1.06. The second-order valence-electron chi connectivity index (χ2n) is 4.56. The van der Waals surface area contributed by atoms with Gasteiger partial charge in [0.2, 0.25) is 0 Å². The number of carbonyl (C=O) groups excluding carboxylic acids is 1. The van der Waals surface area contributed by atoms with Gasteiger partial charge in [0.05, 0.1) is 6.20 Å². The summed E-state index contributed by atoms with van der Waals surface area (Å²) in [6.45, 7) is 3.61. The van der Waals surface area contributed by atoms with Crippen molar-refractivity contribution >= 4 is 11.8 Å². The molecule has 0 aliphatic rings. The lowest BCUT2D eigenvalue weighted by molar-refractivity contribution is 0.0694. The Morgan fingerprint density at radius 1 is 1.24 bits per heavy atom. The molecule has 5 heteroatoms. The second-order valence-corrected chi connectivity index (χ2v) is 4.56. The van der Waals surface area contributed by atoms with E-state index in [0.29, 0.717) is 17.9 Å². The number of aromatic nitrogens is 1. The van der Waals surface area contributed by atoms with E-state index in [-0.39, 0.29) is 17.1 Å². The van der Waals surface area contributed by atoms with Crippen molar-refractivity contribution in [1.82, 2.24) is 4.98 Å². The number of aryl methyl sites for hydroxylation is 1. The van der Waals surface area contributed by atoms with E-state index in [1.807, 2.05) is 6.92 Å². The maximum atomic E-state index is 11.5. The van der Waals surface area contributed by atoms with Crippen LogP contribution in [0.1, 0.15) is 39.8 Å². The Balaban J connectivity index is 2.28. The molecule has 0 saturated carbocycles. The zero-order chi connectivity index (χ0) is 15.4. The first-order chi connectivity index (χ1) is 10.0. The van der Waals surface area contributed by atoms with Gasteiger partial charge in [0.25, 0.3) is 0 Å². The number of benzene rings is 1. The number of hydrogen-bond acceptors (Lipinski definition) is 4. The third kappa shape index (κ3) is 3.45. The maximum absolute atomic E-state index is 11.5. The fraction of sp³-hybridized carbons (Fsp3) is 0.188. The summed E-state index contributed by atoms with van der Waals surface area (Å²) in [5.41, 5.74) is 1.34. The van der Waals surface area contributed by atoms with Crippen molar-refractivity contribution < 1.29 is 19.4 Å². The SMILES string of the molecule is CCC(=O)c1ccc(Oc2cc(C)ccc2C(=O)O)cn1. The van der Waals surface area contributed by atoms with Gasteiger partial charge >= 0.3 is 5.97 Å². The number of hydrogen-bond donors (Lipinski definition) is 1. The van der Waals surface area contributed by atoms with E-state index in [1.54, 1.807) is 31.2 Å². The molecule has 0 radical (unpaired) electrons. The minimum absolute atomic E-state index is 0.0525. The predicted octanol–water partition coefficient (Wildman–Crippen LogP) is 3.47. The van der Waals surface area contributed by atoms with Crippen LogP contribution in [0.3, 0.4) is 0 Å². The number of carbonyl (C=O) groups is 2. The number of aromatic carboxylic acids is 1. The molecule has 0 saturated heterocycles. The van der Waals surface area contributed by atoms with Gasteiger partial charge < -0.3 is 9.84 Å². The molecular weight excluding hydrogens is 270 g/mol. The Bertz CT molecular complexity index is 677. The molecule has 0 amide bonds. The third-order valence-corrected chi connectivity index (χ3v) is 2.94. The highest BCUT2D eigenvalue weighted by atomic mass is 16.5. The lowest BCUT2D eigenvalue weighted by Gasteiger charge is -2.09. The highest BCUT2D eigenvalue weighted by Crippen LogP contribution is 2.26. The topological polar surface area (TPSA) is 76.5 Å². The normalized spacial score (nSPS) is 10.2. The van der Waals surface area contributed by atoms with Crippen molar-refractivity contribution in [1.29, 1.82) is 0 Å². The van der Waals surface area contributed by atoms with Crippen molar-refractivity contribution in [3.8, 4) is 11.5 Å². The second kappa shape index (κ2) is 6.17. The molecular formula is C16H15NO4. The third-order valence-electron chi connectivity index (χ3n) is 2.94. The number of carboxylic acids is 1. The van der Waals surface area contributed by atoms with Crippen molar-refractivity contribution in [3.05, 3.63) is 53.3 Å². The van der Waals surface area contributed by atoms with Gasteiger partial charge in [-0.05, 0) is 36.8 Å². The maximum Gasteiger partial charge on any atom is 0.339 e. The Morgan fingerprint density at radius 3 is 2.57 bits per heavy atom. The fourth-order valence-electron chi connectivity index (χ4n) is 1.80. The van der Waals surface area contributed by atoms with Crippen molar-refractivity contribution in [2.24, 2.45) is 0 Å². The van der Waals surface area contributed by atoms with Gasteiger partial charge in [0.15, 0.2) is 5.78 Å². The summed E-state index contributed by atoms with van der Waals surface area (Å²) >= 11 is 0. The molecule has 0 aliphatic carbocycles. The molecule has 0 fully saturated rings. The van der Waals surface area contributed by atoms with Gasteiger partial charge in [-0.15, -0.1) is 0 Å². The van der Waals surface area contributed by atoms with Crippen LogP contribution in [0.5, 0.6) is 11.5 Å². The van der Waals surface area contributed by atoms with E-state index in [9.17, 15) is 9.59 Å². The van der Waals surface area contributed by atoms with E-state index in [0.717, 1.165) is 5.56 Å². The first kappa shape index (κ1) is 14.7. The average Bonchev–Trinajstić information content (AvgIpc) is 2.47. The van der Waals surface area contributed by atoms with E-state index in [1.165, 1.54) is 12.3 Å². The first-order valence-electron chi connectivity index (χ1n) is 6.52. The molecule has 2 aromatic rings. The zero-order valence-corrected chi connectivity index (χ0v) is 11.8. The molecule has 1 heterocycles. The number of ether oxygens (including phenoxy) is 1. The fourth-order valence-corrected chi connectivity index (χ4v) is 1.80. The summed E-state index contributed by atoms with van der Waals surface area (Å²) in [5.74, 6) is -0.478. The summed E-state index contributed by atoms with van der Waals surface area (Å²) in [5, 5.41) is 9.14. The Kier molecular flexibility index (Phi) is 4.33. The highest BCUT2D eigenvalue weighted by Gasteiger charge is 2.13. The van der Waals surface area contributed by atoms with Crippen LogP contribution >= 0.6 is 0 Å². The van der Waals surface area contributed by atoms with Crippen LogP contribution in [0.25, 0.3) is 0 Å². The molecule has 108 valence electrons. The molecule has 1 N–H and O–H groups in total. The number of ketones is 1. The molecule has 0 bridgehead atoms. The Labute approximate surface area is 122 Å². The van der Waals surface area contributed by atoms with Gasteiger partial charge in [-0.25, -0.2) is 9.78 Å². The lowest BCUT2D eigenvalue weighted by Crippen LogP contribution is -2.02. The van der Waals surface area contributed by atoms with Crippen molar-refractivity contribution in [2.45, 2.75) is 20.3 Å². The molecule has 1 aromatic carbocycles. The number of nitrogens with zero attached hydrogens (tertiary/aromatic N) is 1. The Hall–Kier alpha value is -2.69. The smallest absolute Gasteiger partial charge is 0.339 e. The zero-order valence-electron chi connectivity index (χ0n) is 11.8. The molecule has 0 atom stereocenters. The molecule has 0 aliphatic heterocycles. The van der Waals surface area contributed by atoms with Gasteiger partial charge in [-0.2, -0.15) is 0 Å². The summed E-state index contributed by atoms with van der Waals surface area (Å²) in [7, 11) is 0. The summed E-state index contributed by atoms with van der Waals surface area (Å²) in [6.07, 6.45) is 1.80. The average molecular weight is 285 g/mol. The van der Waals surface area contributed by atoms with Crippen molar-refractivity contribution in [3.63, 3.8) is 0 Å². The van der Waals surface area contributed by atoms with Gasteiger partial charge in [0.1, 0.15) is 22.8 Å². The predicted molar refractivity (Wildman–Crippen MR) is 77.1 cm³/mol. The monoisotopic (exact) mass is 285 g/mol. The number of rotatable bonds is 5. The van der Waals surface area contributed by atoms with E-state index < -0.39 is 5.97 Å². The standard InChI is InChI=1S/C16H15NO4/c1-3-14(18)13-7-5-11(9-17-13)21-15-8-10(2)4-6-12(15)16(19)20/h4-9H,3H2,1-2H3,(H,19,20). The van der Waals surface area contributed by atoms with E-state index in [4.69, 9.17) is 9.84 Å². The summed E-state index contributed by atoms with van der Waals surface area (Å²) in [4.78, 5) is 26.7. The summed E-state index contributed by atoms with van der Waals surface area (Å²) < 4.78 is 5.57. The number of pyridine rings is 1. The van der Waals surface area contributed by atoms with Crippen LogP contribution in [-0.4, -0.2) is 21.8 Å². The molecule has 0 spiro atoms. The van der Waals surface area contributed by atoms with Gasteiger partial charge in [0, 0.05) is 6.42 Å². The quantitative estimate of drug-likeness (QED) is 0.851. The summed E-state index contributed by atoms with van der Waals surface area (Å²) in [6, 6.07) is 8.02. The van der Waals surface area contributed by atoms with Crippen LogP contribution in [0, 0.1) is 6.92 Å². The van der Waals surface area contributed by atoms with E-state index in [2.05, 4.69) is 4.98 Å². The number of carboxylic acid groups (broad SMARTS) is 1. The largest absolute Gasteiger partial charge is 0.478 e. The minimum Gasteiger partial charge on any atom is -0.478 e. The van der Waals surface area contributed by atoms with Crippen molar-refractivity contribution in [2.75, 3.05) is 0 Å². The van der Waals surface area contributed by atoms with Crippen LogP contribution < -0.4 is 4.74 Å². The molecule has 5 nitrogen and oxygen atoms in total. The Morgan fingerprint density at radius 2 is 2.00 bits per heavy atom. The molecule has 21 heavy (non-hydrogen) atoms. The molecule has 0 unspecified atom stereocenters. The van der Waals surface area contributed by atoms with Crippen LogP contribution in [0.15, 0.2) is 36.5 Å².